The van der Waals surface area contributed by atoms with E-state index in [-0.39, 0.29) is 17.4 Å². The van der Waals surface area contributed by atoms with Gasteiger partial charge in [-0.15, -0.1) is 5.10 Å². The number of halogens is 2. The molecule has 0 unspecified atom stereocenters. The first-order valence-electron chi connectivity index (χ1n) is 7.24. The topological polar surface area (TPSA) is 77.2 Å². The fraction of sp³-hybridized carbons (Fsp3) is 0.118. The minimum absolute atomic E-state index is 0.0235. The van der Waals surface area contributed by atoms with Gasteiger partial charge in [0.25, 0.3) is 0 Å². The molecule has 0 aliphatic heterocycles. The molecule has 0 saturated heterocycles. The second-order valence-corrected chi connectivity index (χ2v) is 5.17. The van der Waals surface area contributed by atoms with Crippen LogP contribution >= 0.6 is 0 Å². The molecule has 128 valence electrons. The van der Waals surface area contributed by atoms with Gasteiger partial charge in [-0.05, 0) is 42.5 Å². The Morgan fingerprint density at radius 2 is 1.84 bits per heavy atom. The van der Waals surface area contributed by atoms with Crippen LogP contribution in [0.4, 0.5) is 8.78 Å². The first kappa shape index (κ1) is 16.6. The van der Waals surface area contributed by atoms with Gasteiger partial charge in [-0.3, -0.25) is 4.79 Å². The zero-order valence-electron chi connectivity index (χ0n) is 13.1. The highest BCUT2D eigenvalue weighted by Crippen LogP contribution is 2.27. The summed E-state index contributed by atoms with van der Waals surface area (Å²) in [6, 6.07) is 9.55. The molecule has 0 amide bonds. The molecule has 0 radical (unpaired) electrons. The second-order valence-electron chi connectivity index (χ2n) is 5.17. The summed E-state index contributed by atoms with van der Waals surface area (Å²) < 4.78 is 32.8. The summed E-state index contributed by atoms with van der Waals surface area (Å²) in [7, 11) is 1.34. The lowest BCUT2D eigenvalue weighted by Crippen LogP contribution is -2.11. The number of carboxylic acid groups (broad SMARTS) is 1. The number of hydrogen-bond acceptors (Lipinski definition) is 4. The van der Waals surface area contributed by atoms with Gasteiger partial charge in [0.15, 0.2) is 23.2 Å². The molecular formula is C17H13F2N3O3. The van der Waals surface area contributed by atoms with E-state index in [1.54, 1.807) is 0 Å². The molecule has 0 aliphatic carbocycles. The monoisotopic (exact) mass is 345 g/mol. The Kier molecular flexibility index (Phi) is 4.42. The zero-order chi connectivity index (χ0) is 18.0. The van der Waals surface area contributed by atoms with E-state index in [0.29, 0.717) is 11.1 Å². The van der Waals surface area contributed by atoms with Crippen molar-refractivity contribution in [3.8, 4) is 28.5 Å². The van der Waals surface area contributed by atoms with Crippen LogP contribution in [0.3, 0.4) is 0 Å². The SMILES string of the molecule is COc1cc(-c2nc(-c3ccc(F)cc3)n(CC(=O)O)n2)ccc1F. The van der Waals surface area contributed by atoms with E-state index >= 15 is 0 Å². The quantitative estimate of drug-likeness (QED) is 0.769. The second kappa shape index (κ2) is 6.68. The Balaban J connectivity index is 2.09. The van der Waals surface area contributed by atoms with Crippen LogP contribution < -0.4 is 4.74 Å². The molecule has 2 aromatic carbocycles. The molecule has 0 aliphatic rings. The van der Waals surface area contributed by atoms with Crippen LogP contribution in [0, 0.1) is 11.6 Å². The minimum Gasteiger partial charge on any atom is -0.494 e. The number of aromatic nitrogens is 3. The van der Waals surface area contributed by atoms with Crippen molar-refractivity contribution < 1.29 is 23.4 Å². The van der Waals surface area contributed by atoms with E-state index < -0.39 is 24.1 Å². The molecule has 8 heteroatoms. The largest absolute Gasteiger partial charge is 0.494 e. The van der Waals surface area contributed by atoms with Crippen LogP contribution in [0.1, 0.15) is 0 Å². The summed E-state index contributed by atoms with van der Waals surface area (Å²) in [5.41, 5.74) is 0.973. The maximum atomic E-state index is 13.6. The van der Waals surface area contributed by atoms with E-state index in [1.807, 2.05) is 0 Å². The fourth-order valence-electron chi connectivity index (χ4n) is 2.31. The van der Waals surface area contributed by atoms with Gasteiger partial charge in [0.1, 0.15) is 12.4 Å². The molecule has 1 N–H and O–H groups in total. The Labute approximate surface area is 141 Å². The smallest absolute Gasteiger partial charge is 0.325 e. The Hall–Kier alpha value is -3.29. The number of carbonyl (C=O) groups is 1. The lowest BCUT2D eigenvalue weighted by molar-refractivity contribution is -0.137. The Morgan fingerprint density at radius 3 is 2.48 bits per heavy atom. The average molecular weight is 345 g/mol. The number of ether oxygens (including phenoxy) is 1. The molecule has 3 rings (SSSR count). The van der Waals surface area contributed by atoms with Crippen molar-refractivity contribution >= 4 is 5.97 Å². The molecule has 0 spiro atoms. The number of hydrogen-bond donors (Lipinski definition) is 1. The predicted octanol–water partition coefficient (Wildman–Crippen LogP) is 2.98. The highest BCUT2D eigenvalue weighted by molar-refractivity contribution is 5.69. The van der Waals surface area contributed by atoms with Crippen molar-refractivity contribution in [3.63, 3.8) is 0 Å². The van der Waals surface area contributed by atoms with Crippen molar-refractivity contribution in [1.29, 1.82) is 0 Å². The molecule has 0 atom stereocenters. The summed E-state index contributed by atoms with van der Waals surface area (Å²) in [6.45, 7) is -0.419. The third-order valence-corrected chi connectivity index (χ3v) is 3.47. The number of carboxylic acids is 1. The number of rotatable bonds is 5. The molecule has 3 aromatic rings. The van der Waals surface area contributed by atoms with Crippen molar-refractivity contribution in [2.75, 3.05) is 7.11 Å². The van der Waals surface area contributed by atoms with E-state index in [2.05, 4.69) is 10.1 Å². The maximum Gasteiger partial charge on any atom is 0.325 e. The zero-order valence-corrected chi connectivity index (χ0v) is 13.1. The van der Waals surface area contributed by atoms with Gasteiger partial charge >= 0.3 is 5.97 Å². The molecular weight excluding hydrogens is 332 g/mol. The lowest BCUT2D eigenvalue weighted by Gasteiger charge is -2.02. The lowest BCUT2D eigenvalue weighted by atomic mass is 10.2. The van der Waals surface area contributed by atoms with Crippen LogP contribution in [0.25, 0.3) is 22.8 Å². The van der Waals surface area contributed by atoms with Gasteiger partial charge in [0.05, 0.1) is 7.11 Å². The fourth-order valence-corrected chi connectivity index (χ4v) is 2.31. The Morgan fingerprint density at radius 1 is 1.16 bits per heavy atom. The summed E-state index contributed by atoms with van der Waals surface area (Å²) in [5.74, 6) is -1.56. The number of nitrogens with zero attached hydrogens (tertiary/aromatic N) is 3. The Bertz CT molecular complexity index is 923. The predicted molar refractivity (Wildman–Crippen MR) is 85.0 cm³/mol. The van der Waals surface area contributed by atoms with Gasteiger partial charge in [-0.1, -0.05) is 0 Å². The molecule has 0 fully saturated rings. The first-order valence-corrected chi connectivity index (χ1v) is 7.24. The minimum atomic E-state index is -1.10. The van der Waals surface area contributed by atoms with Crippen LogP contribution in [0.2, 0.25) is 0 Å². The first-order chi connectivity index (χ1) is 12.0. The normalized spacial score (nSPS) is 10.7. The summed E-state index contributed by atoms with van der Waals surface area (Å²) in [4.78, 5) is 15.4. The van der Waals surface area contributed by atoms with Gasteiger partial charge in [-0.25, -0.2) is 18.4 Å². The van der Waals surface area contributed by atoms with Crippen LogP contribution in [0.15, 0.2) is 42.5 Å². The van der Waals surface area contributed by atoms with Gasteiger partial charge in [-0.2, -0.15) is 0 Å². The van der Waals surface area contributed by atoms with E-state index in [9.17, 15) is 13.6 Å². The highest BCUT2D eigenvalue weighted by atomic mass is 19.1. The molecule has 25 heavy (non-hydrogen) atoms. The molecule has 0 saturated carbocycles. The third kappa shape index (κ3) is 3.47. The number of benzene rings is 2. The van der Waals surface area contributed by atoms with Crippen LogP contribution in [-0.2, 0) is 11.3 Å². The summed E-state index contributed by atoms with van der Waals surface area (Å²) >= 11 is 0. The van der Waals surface area contributed by atoms with Gasteiger partial charge < -0.3 is 9.84 Å². The van der Waals surface area contributed by atoms with Gasteiger partial charge in [0, 0.05) is 11.1 Å². The van der Waals surface area contributed by atoms with Crippen LogP contribution in [-0.4, -0.2) is 33.0 Å². The molecule has 1 aromatic heterocycles. The highest BCUT2D eigenvalue weighted by Gasteiger charge is 2.17. The summed E-state index contributed by atoms with van der Waals surface area (Å²) in [6.07, 6.45) is 0. The van der Waals surface area contributed by atoms with Crippen molar-refractivity contribution in [1.82, 2.24) is 14.8 Å². The number of methoxy groups -OCH3 is 1. The van der Waals surface area contributed by atoms with E-state index in [0.717, 1.165) is 0 Å². The third-order valence-electron chi connectivity index (χ3n) is 3.47. The summed E-state index contributed by atoms with van der Waals surface area (Å²) in [5, 5.41) is 13.2. The van der Waals surface area contributed by atoms with Crippen molar-refractivity contribution in [2.45, 2.75) is 6.54 Å². The van der Waals surface area contributed by atoms with Gasteiger partial charge in [0.2, 0.25) is 0 Å². The molecule has 1 heterocycles. The van der Waals surface area contributed by atoms with Crippen LogP contribution in [0.5, 0.6) is 5.75 Å². The maximum absolute atomic E-state index is 13.6. The number of aliphatic carboxylic acids is 1. The molecule has 6 nitrogen and oxygen atoms in total. The van der Waals surface area contributed by atoms with E-state index in [1.165, 1.54) is 54.3 Å². The van der Waals surface area contributed by atoms with Crippen molar-refractivity contribution in [3.05, 3.63) is 54.1 Å². The van der Waals surface area contributed by atoms with Crippen molar-refractivity contribution in [2.24, 2.45) is 0 Å². The molecule has 0 bridgehead atoms. The standard InChI is InChI=1S/C17H13F2N3O3/c1-25-14-8-11(4-7-13(14)19)16-20-17(22(21-16)9-15(23)24)10-2-5-12(18)6-3-10/h2-8H,9H2,1H3,(H,23,24). The van der Waals surface area contributed by atoms with E-state index in [4.69, 9.17) is 9.84 Å². The average Bonchev–Trinajstić information content (AvgIpc) is 2.99.